The molecule has 0 aliphatic carbocycles. The lowest BCUT2D eigenvalue weighted by Gasteiger charge is -2.23. The molecule has 0 bridgehead atoms. The van der Waals surface area contributed by atoms with E-state index in [-0.39, 0.29) is 5.82 Å². The molecule has 0 aliphatic rings. The van der Waals surface area contributed by atoms with E-state index in [2.05, 4.69) is 11.8 Å². The molecule has 0 fully saturated rings. The van der Waals surface area contributed by atoms with Crippen molar-refractivity contribution in [2.75, 3.05) is 24.5 Å². The standard InChI is InChI=1S/C15H25FN2/c1-2-18(12-7-5-3-4-6-11-17)15-10-8-9-14(16)13-15/h8-10,13H,2-7,11-12,17H2,1H3. The van der Waals surface area contributed by atoms with Crippen molar-refractivity contribution in [3.05, 3.63) is 30.1 Å². The van der Waals surface area contributed by atoms with Crippen molar-refractivity contribution in [3.8, 4) is 0 Å². The maximum absolute atomic E-state index is 13.2. The number of nitrogens with zero attached hydrogens (tertiary/aromatic N) is 1. The molecule has 1 aromatic carbocycles. The smallest absolute Gasteiger partial charge is 0.125 e. The third-order valence-corrected chi connectivity index (χ3v) is 3.19. The number of benzene rings is 1. The first-order chi connectivity index (χ1) is 8.77. The maximum Gasteiger partial charge on any atom is 0.125 e. The molecule has 1 aromatic rings. The van der Waals surface area contributed by atoms with Crippen molar-refractivity contribution in [3.63, 3.8) is 0 Å². The molecule has 0 atom stereocenters. The van der Waals surface area contributed by atoms with Gasteiger partial charge >= 0.3 is 0 Å². The Kier molecular flexibility index (Phi) is 7.42. The first-order valence-electron chi connectivity index (χ1n) is 6.98. The Morgan fingerprint density at radius 3 is 2.50 bits per heavy atom. The molecule has 0 saturated heterocycles. The molecule has 0 saturated carbocycles. The van der Waals surface area contributed by atoms with Crippen LogP contribution in [0.25, 0.3) is 0 Å². The second-order valence-corrected chi connectivity index (χ2v) is 4.62. The monoisotopic (exact) mass is 252 g/mol. The van der Waals surface area contributed by atoms with Gasteiger partial charge in [0.25, 0.3) is 0 Å². The van der Waals surface area contributed by atoms with Crippen molar-refractivity contribution in [1.29, 1.82) is 0 Å². The Labute approximate surface area is 110 Å². The van der Waals surface area contributed by atoms with E-state index in [9.17, 15) is 4.39 Å². The first-order valence-corrected chi connectivity index (χ1v) is 6.98. The molecule has 1 rings (SSSR count). The molecule has 0 amide bonds. The topological polar surface area (TPSA) is 29.3 Å². The molecule has 0 aromatic heterocycles. The number of nitrogens with two attached hydrogens (primary N) is 1. The number of unbranched alkanes of at least 4 members (excludes halogenated alkanes) is 4. The summed E-state index contributed by atoms with van der Waals surface area (Å²) in [5, 5.41) is 0. The van der Waals surface area contributed by atoms with Crippen LogP contribution in [0.15, 0.2) is 24.3 Å². The zero-order valence-electron chi connectivity index (χ0n) is 11.4. The normalized spacial score (nSPS) is 10.6. The number of anilines is 1. The quantitative estimate of drug-likeness (QED) is 0.681. The van der Waals surface area contributed by atoms with Crippen LogP contribution in [0.3, 0.4) is 0 Å². The minimum absolute atomic E-state index is 0.158. The van der Waals surface area contributed by atoms with Gasteiger partial charge in [-0.05, 0) is 44.5 Å². The summed E-state index contributed by atoms with van der Waals surface area (Å²) < 4.78 is 13.2. The summed E-state index contributed by atoms with van der Waals surface area (Å²) in [7, 11) is 0. The average Bonchev–Trinajstić information content (AvgIpc) is 2.38. The zero-order chi connectivity index (χ0) is 13.2. The van der Waals surface area contributed by atoms with Gasteiger partial charge in [-0.1, -0.05) is 25.3 Å². The predicted octanol–water partition coefficient (Wildman–Crippen LogP) is 3.56. The maximum atomic E-state index is 13.2. The Morgan fingerprint density at radius 2 is 1.83 bits per heavy atom. The Hall–Kier alpha value is -1.09. The van der Waals surface area contributed by atoms with Crippen LogP contribution in [-0.2, 0) is 0 Å². The minimum atomic E-state index is -0.158. The Morgan fingerprint density at radius 1 is 1.11 bits per heavy atom. The van der Waals surface area contributed by atoms with Crippen LogP contribution >= 0.6 is 0 Å². The third kappa shape index (κ3) is 5.50. The zero-order valence-corrected chi connectivity index (χ0v) is 11.4. The molecule has 0 unspecified atom stereocenters. The summed E-state index contributed by atoms with van der Waals surface area (Å²) in [5.74, 6) is -0.158. The summed E-state index contributed by atoms with van der Waals surface area (Å²) >= 11 is 0. The van der Waals surface area contributed by atoms with Gasteiger partial charge in [-0.2, -0.15) is 0 Å². The van der Waals surface area contributed by atoms with Gasteiger partial charge in [0.05, 0.1) is 0 Å². The molecular weight excluding hydrogens is 227 g/mol. The average molecular weight is 252 g/mol. The minimum Gasteiger partial charge on any atom is -0.372 e. The van der Waals surface area contributed by atoms with Crippen molar-refractivity contribution in [1.82, 2.24) is 0 Å². The van der Waals surface area contributed by atoms with Crippen molar-refractivity contribution >= 4 is 5.69 Å². The van der Waals surface area contributed by atoms with E-state index in [4.69, 9.17) is 5.73 Å². The lowest BCUT2D eigenvalue weighted by atomic mass is 10.1. The van der Waals surface area contributed by atoms with Gasteiger partial charge in [-0.3, -0.25) is 0 Å². The highest BCUT2D eigenvalue weighted by molar-refractivity contribution is 5.46. The van der Waals surface area contributed by atoms with Crippen LogP contribution in [0.2, 0.25) is 0 Å². The lowest BCUT2D eigenvalue weighted by molar-refractivity contribution is 0.607. The fraction of sp³-hybridized carbons (Fsp3) is 0.600. The summed E-state index contributed by atoms with van der Waals surface area (Å²) in [6.07, 6.45) is 5.99. The molecule has 0 heterocycles. The van der Waals surface area contributed by atoms with Crippen molar-refractivity contribution < 1.29 is 4.39 Å². The highest BCUT2D eigenvalue weighted by atomic mass is 19.1. The predicted molar refractivity (Wildman–Crippen MR) is 76.4 cm³/mol. The molecule has 102 valence electrons. The highest BCUT2D eigenvalue weighted by Gasteiger charge is 2.04. The summed E-state index contributed by atoms with van der Waals surface area (Å²) in [5.41, 5.74) is 6.45. The molecule has 0 spiro atoms. The molecule has 0 aliphatic heterocycles. The van der Waals surface area contributed by atoms with Crippen LogP contribution in [0.4, 0.5) is 10.1 Å². The van der Waals surface area contributed by atoms with Crippen LogP contribution in [0, 0.1) is 5.82 Å². The highest BCUT2D eigenvalue weighted by Crippen LogP contribution is 2.16. The van der Waals surface area contributed by atoms with E-state index in [1.54, 1.807) is 12.1 Å². The van der Waals surface area contributed by atoms with Crippen LogP contribution in [0.5, 0.6) is 0 Å². The van der Waals surface area contributed by atoms with E-state index in [1.165, 1.54) is 25.3 Å². The SMILES string of the molecule is CCN(CCCCCCCN)c1cccc(F)c1. The van der Waals surface area contributed by atoms with Gasteiger partial charge in [0, 0.05) is 18.8 Å². The summed E-state index contributed by atoms with van der Waals surface area (Å²) in [6, 6.07) is 6.84. The number of halogens is 1. The van der Waals surface area contributed by atoms with Crippen molar-refractivity contribution in [2.24, 2.45) is 5.73 Å². The van der Waals surface area contributed by atoms with E-state index in [1.807, 2.05) is 6.07 Å². The summed E-state index contributed by atoms with van der Waals surface area (Å²) in [6.45, 7) is 4.83. The van der Waals surface area contributed by atoms with Gasteiger partial charge in [-0.25, -0.2) is 4.39 Å². The van der Waals surface area contributed by atoms with Crippen LogP contribution in [-0.4, -0.2) is 19.6 Å². The lowest BCUT2D eigenvalue weighted by Crippen LogP contribution is -2.23. The molecule has 0 radical (unpaired) electrons. The van der Waals surface area contributed by atoms with Gasteiger partial charge < -0.3 is 10.6 Å². The second-order valence-electron chi connectivity index (χ2n) is 4.62. The largest absolute Gasteiger partial charge is 0.372 e. The molecule has 18 heavy (non-hydrogen) atoms. The van der Waals surface area contributed by atoms with E-state index in [0.717, 1.165) is 38.2 Å². The van der Waals surface area contributed by atoms with Crippen molar-refractivity contribution in [2.45, 2.75) is 39.0 Å². The third-order valence-electron chi connectivity index (χ3n) is 3.19. The van der Waals surface area contributed by atoms with E-state index >= 15 is 0 Å². The first kappa shape index (κ1) is 15.0. The van der Waals surface area contributed by atoms with E-state index in [0.29, 0.717) is 0 Å². The van der Waals surface area contributed by atoms with Crippen LogP contribution in [0.1, 0.15) is 39.0 Å². The van der Waals surface area contributed by atoms with Gasteiger partial charge in [0.1, 0.15) is 5.82 Å². The van der Waals surface area contributed by atoms with Gasteiger partial charge in [0.2, 0.25) is 0 Å². The fourth-order valence-electron chi connectivity index (χ4n) is 2.12. The fourth-order valence-corrected chi connectivity index (χ4v) is 2.12. The number of rotatable bonds is 9. The molecular formula is C15H25FN2. The Balaban J connectivity index is 2.29. The van der Waals surface area contributed by atoms with Gasteiger partial charge in [0.15, 0.2) is 0 Å². The van der Waals surface area contributed by atoms with E-state index < -0.39 is 0 Å². The molecule has 2 N–H and O–H groups in total. The molecule has 2 nitrogen and oxygen atoms in total. The number of hydrogen-bond donors (Lipinski definition) is 1. The Bertz CT molecular complexity index is 328. The summed E-state index contributed by atoms with van der Waals surface area (Å²) in [4.78, 5) is 2.23. The second kappa shape index (κ2) is 8.92. The van der Waals surface area contributed by atoms with Gasteiger partial charge in [-0.15, -0.1) is 0 Å². The van der Waals surface area contributed by atoms with Crippen LogP contribution < -0.4 is 10.6 Å². The number of hydrogen-bond acceptors (Lipinski definition) is 2. The molecule has 3 heteroatoms.